The molecule has 5 heteroatoms. The molecular weight excluding hydrogens is 359 g/mol. The van der Waals surface area contributed by atoms with Crippen molar-refractivity contribution in [2.45, 2.75) is 63.5 Å². The van der Waals surface area contributed by atoms with Crippen LogP contribution in [0.5, 0.6) is 0 Å². The molecular formula is C14H28N2OSiSn. The molecule has 2 radical (unpaired) electrons. The summed E-state index contributed by atoms with van der Waals surface area (Å²) in [6, 6.07) is 1.23. The molecule has 0 saturated carbocycles. The topological polar surface area (TPSA) is 27.1 Å². The molecule has 0 unspecified atom stereocenters. The van der Waals surface area contributed by atoms with Gasteiger partial charge in [-0.2, -0.15) is 0 Å². The molecule has 0 aromatic carbocycles. The quantitative estimate of drug-likeness (QED) is 0.554. The summed E-state index contributed by atoms with van der Waals surface area (Å²) in [5.74, 6) is 0. The Morgan fingerprint density at radius 2 is 1.95 bits per heavy atom. The molecule has 1 aromatic rings. The number of ether oxygens (including phenoxy) is 1. The van der Waals surface area contributed by atoms with E-state index >= 15 is 0 Å². The molecule has 0 aliphatic carbocycles. The van der Waals surface area contributed by atoms with Gasteiger partial charge in [0.1, 0.15) is 0 Å². The Morgan fingerprint density at radius 3 is 2.47 bits per heavy atom. The standard InChI is InChI=1S/C10H19N2OSi.C4H9.Sn/c1-10-7-12(8-11-10)9-13-5-6-14(2,3)4;1-4(2)3;/h7H,5-6,9H2,1-4H3;1-3H3;. The van der Waals surface area contributed by atoms with Crippen LogP contribution in [-0.2, 0) is 11.5 Å². The summed E-state index contributed by atoms with van der Waals surface area (Å²) >= 11 is -0.664. The number of hydrogen-bond donors (Lipinski definition) is 0. The molecule has 0 amide bonds. The Balaban J connectivity index is 2.54. The van der Waals surface area contributed by atoms with E-state index in [9.17, 15) is 0 Å². The van der Waals surface area contributed by atoms with E-state index < -0.39 is 29.2 Å². The van der Waals surface area contributed by atoms with Crippen molar-refractivity contribution in [2.75, 3.05) is 6.61 Å². The molecule has 0 N–H and O–H groups in total. The Morgan fingerprint density at radius 1 is 1.32 bits per heavy atom. The van der Waals surface area contributed by atoms with Gasteiger partial charge in [0, 0.05) is 0 Å². The fraction of sp³-hybridized carbons (Fsp3) is 0.786. The van der Waals surface area contributed by atoms with Crippen molar-refractivity contribution >= 4 is 33.1 Å². The average molecular weight is 387 g/mol. The number of hydrogen-bond acceptors (Lipinski definition) is 2. The van der Waals surface area contributed by atoms with Crippen LogP contribution in [0.3, 0.4) is 0 Å². The normalized spacial score (nSPS) is 13.0. The van der Waals surface area contributed by atoms with E-state index in [4.69, 9.17) is 9.72 Å². The van der Waals surface area contributed by atoms with Gasteiger partial charge < -0.3 is 0 Å². The first-order valence-corrected chi connectivity index (χ1v) is 13.5. The van der Waals surface area contributed by atoms with Crippen LogP contribution in [0.25, 0.3) is 0 Å². The molecule has 1 aromatic heterocycles. The Labute approximate surface area is 129 Å². The van der Waals surface area contributed by atoms with E-state index in [1.54, 1.807) is 0 Å². The fourth-order valence-electron chi connectivity index (χ4n) is 1.62. The number of imidazole rings is 1. The van der Waals surface area contributed by atoms with Gasteiger partial charge in [0.15, 0.2) is 0 Å². The first-order chi connectivity index (χ1) is 8.57. The average Bonchev–Trinajstić information content (AvgIpc) is 2.49. The molecule has 0 aliphatic heterocycles. The van der Waals surface area contributed by atoms with E-state index in [0.29, 0.717) is 10.2 Å². The molecule has 108 valence electrons. The van der Waals surface area contributed by atoms with Crippen molar-refractivity contribution in [2.24, 2.45) is 0 Å². The fourth-order valence-corrected chi connectivity index (χ4v) is 5.73. The number of aryl methyl sites for hydroxylation is 1. The van der Waals surface area contributed by atoms with Gasteiger partial charge in [-0.25, -0.2) is 0 Å². The maximum atomic E-state index is 5.85. The molecule has 0 saturated heterocycles. The third kappa shape index (κ3) is 7.51. The van der Waals surface area contributed by atoms with Gasteiger partial charge in [-0.15, -0.1) is 0 Å². The van der Waals surface area contributed by atoms with E-state index in [1.165, 1.54) is 9.88 Å². The van der Waals surface area contributed by atoms with Crippen LogP contribution in [0, 0.1) is 6.92 Å². The van der Waals surface area contributed by atoms with Crippen LogP contribution < -0.4 is 3.84 Å². The second-order valence-corrected chi connectivity index (χ2v) is 19.3. The van der Waals surface area contributed by atoms with Gasteiger partial charge in [-0.1, -0.05) is 0 Å². The Kier molecular flexibility index (Phi) is 6.13. The Bertz CT molecular complexity index is 405. The summed E-state index contributed by atoms with van der Waals surface area (Å²) in [6.07, 6.45) is 2.14. The van der Waals surface area contributed by atoms with Gasteiger partial charge in [0.05, 0.1) is 0 Å². The third-order valence-corrected chi connectivity index (χ3v) is 8.23. The van der Waals surface area contributed by atoms with E-state index in [-0.39, 0.29) is 0 Å². The minimum absolute atomic E-state index is 0.428. The molecule has 19 heavy (non-hydrogen) atoms. The molecule has 1 heterocycles. The van der Waals surface area contributed by atoms with Gasteiger partial charge in [0.25, 0.3) is 0 Å². The van der Waals surface area contributed by atoms with Gasteiger partial charge in [-0.3, -0.25) is 0 Å². The summed E-state index contributed by atoms with van der Waals surface area (Å²) in [7, 11) is -0.981. The van der Waals surface area contributed by atoms with E-state index in [1.807, 2.05) is 0 Å². The number of aromatic nitrogens is 2. The van der Waals surface area contributed by atoms with Gasteiger partial charge in [0.2, 0.25) is 0 Å². The summed E-state index contributed by atoms with van der Waals surface area (Å²) < 4.78 is 9.82. The molecule has 0 spiro atoms. The molecule has 0 bridgehead atoms. The first kappa shape index (κ1) is 17.2. The number of rotatable bonds is 6. The summed E-state index contributed by atoms with van der Waals surface area (Å²) in [4.78, 5) is 4.69. The van der Waals surface area contributed by atoms with Crippen molar-refractivity contribution in [1.82, 2.24) is 9.55 Å². The predicted octanol–water partition coefficient (Wildman–Crippen LogP) is 3.05. The second kappa shape index (κ2) is 6.76. The van der Waals surface area contributed by atoms with Crippen LogP contribution in [0.2, 0.25) is 29.1 Å². The maximum absolute atomic E-state index is 5.85. The molecule has 1 rings (SSSR count). The molecule has 3 nitrogen and oxygen atoms in total. The zero-order chi connectivity index (χ0) is 14.7. The van der Waals surface area contributed by atoms with E-state index in [2.05, 4.69) is 58.1 Å². The van der Waals surface area contributed by atoms with Crippen LogP contribution in [-0.4, -0.2) is 45.4 Å². The van der Waals surface area contributed by atoms with Crippen LogP contribution >= 0.6 is 0 Å². The molecule has 0 aliphatic rings. The SMILES string of the molecule is Cc1cn(COCC[Si](C)(C)C)[c]([Sn][C](C)(C)C)n1. The summed E-state index contributed by atoms with van der Waals surface area (Å²) in [5.41, 5.74) is 1.12. The van der Waals surface area contributed by atoms with Crippen molar-refractivity contribution in [1.29, 1.82) is 0 Å². The van der Waals surface area contributed by atoms with Crippen LogP contribution in [0.15, 0.2) is 6.20 Å². The van der Waals surface area contributed by atoms with Crippen molar-refractivity contribution in [3.8, 4) is 0 Å². The first-order valence-electron chi connectivity index (χ1n) is 6.96. The Hall–Kier alpha value is 0.186. The van der Waals surface area contributed by atoms with Crippen molar-refractivity contribution in [3.63, 3.8) is 0 Å². The predicted molar refractivity (Wildman–Crippen MR) is 86.2 cm³/mol. The van der Waals surface area contributed by atoms with Crippen LogP contribution in [0.4, 0.5) is 0 Å². The number of nitrogens with zero attached hydrogens (tertiary/aromatic N) is 2. The van der Waals surface area contributed by atoms with E-state index in [0.717, 1.165) is 12.3 Å². The van der Waals surface area contributed by atoms with Gasteiger partial charge in [-0.05, 0) is 0 Å². The molecule has 0 fully saturated rings. The zero-order valence-corrected chi connectivity index (χ0v) is 17.4. The molecule has 0 atom stereocenters. The van der Waals surface area contributed by atoms with Crippen molar-refractivity contribution in [3.05, 3.63) is 11.9 Å². The minimum atomic E-state index is -0.981. The second-order valence-electron chi connectivity index (χ2n) is 7.40. The summed E-state index contributed by atoms with van der Waals surface area (Å²) in [6.45, 7) is 17.7. The zero-order valence-electron chi connectivity index (χ0n) is 13.5. The van der Waals surface area contributed by atoms with Crippen molar-refractivity contribution < 1.29 is 4.74 Å². The summed E-state index contributed by atoms with van der Waals surface area (Å²) in [5, 5.41) is 0. The van der Waals surface area contributed by atoms with Crippen LogP contribution in [0.1, 0.15) is 26.5 Å². The third-order valence-electron chi connectivity index (χ3n) is 2.61. The van der Waals surface area contributed by atoms with Gasteiger partial charge >= 0.3 is 129 Å². The monoisotopic (exact) mass is 388 g/mol.